The maximum atomic E-state index is 13.9. The zero-order valence-electron chi connectivity index (χ0n) is 23.0. The number of hydrogen-bond acceptors (Lipinski definition) is 9. The Bertz CT molecular complexity index is 1470. The molecule has 3 aromatic heterocycles. The van der Waals surface area contributed by atoms with Crippen molar-refractivity contribution in [1.29, 1.82) is 0 Å². The van der Waals surface area contributed by atoms with Crippen molar-refractivity contribution in [2.75, 3.05) is 38.7 Å². The van der Waals surface area contributed by atoms with Crippen LogP contribution in [0.3, 0.4) is 0 Å². The van der Waals surface area contributed by atoms with Crippen LogP contribution in [0.5, 0.6) is 6.01 Å². The summed E-state index contributed by atoms with van der Waals surface area (Å²) in [6.45, 7) is 5.46. The van der Waals surface area contributed by atoms with Crippen LogP contribution < -0.4 is 15.4 Å². The van der Waals surface area contributed by atoms with Crippen molar-refractivity contribution >= 4 is 11.8 Å². The Morgan fingerprint density at radius 3 is 2.66 bits per heavy atom. The molecule has 1 aliphatic heterocycles. The Kier molecular flexibility index (Phi) is 8.77. The molecule has 2 amide bonds. The van der Waals surface area contributed by atoms with E-state index in [1.807, 2.05) is 44.2 Å². The fraction of sp³-hybridized carbons (Fsp3) is 0.321. The number of aromatic nitrogens is 5. The number of para-hydroxylation sites is 1. The number of ether oxygens (including phenoxy) is 2. The van der Waals surface area contributed by atoms with E-state index < -0.39 is 24.1 Å². The van der Waals surface area contributed by atoms with Gasteiger partial charge in [0.15, 0.2) is 0 Å². The number of anilines is 1. The zero-order chi connectivity index (χ0) is 28.8. The summed E-state index contributed by atoms with van der Waals surface area (Å²) in [5.74, 6) is -0.155. The van der Waals surface area contributed by atoms with Crippen LogP contribution in [-0.4, -0.2) is 75.3 Å². The normalized spacial score (nSPS) is 17.0. The van der Waals surface area contributed by atoms with Crippen molar-refractivity contribution in [3.8, 4) is 23.0 Å². The van der Waals surface area contributed by atoms with Crippen molar-refractivity contribution in [1.82, 2.24) is 35.1 Å². The number of methoxy groups -OCH3 is 1. The molecule has 5 rings (SSSR count). The van der Waals surface area contributed by atoms with Gasteiger partial charge in [0, 0.05) is 49.9 Å². The Morgan fingerprint density at radius 2 is 1.95 bits per heavy atom. The third-order valence-corrected chi connectivity index (χ3v) is 6.50. The third-order valence-electron chi connectivity index (χ3n) is 6.50. The van der Waals surface area contributed by atoms with E-state index in [0.29, 0.717) is 54.5 Å². The highest BCUT2D eigenvalue weighted by Crippen LogP contribution is 2.32. The lowest BCUT2D eigenvalue weighted by atomic mass is 10.0. The Balaban J connectivity index is 1.41. The first kappa shape index (κ1) is 28.1. The number of amides is 2. The number of hydroxylamine groups is 2. The van der Waals surface area contributed by atoms with Gasteiger partial charge in [-0.2, -0.15) is 14.6 Å². The molecular weight excluding hydrogens is 531 g/mol. The van der Waals surface area contributed by atoms with Crippen LogP contribution in [0.2, 0.25) is 0 Å². The molecular formula is C28H31FN8O4. The summed E-state index contributed by atoms with van der Waals surface area (Å²) in [5.41, 5.74) is 3.30. The molecule has 2 atom stereocenters. The van der Waals surface area contributed by atoms with E-state index in [-0.39, 0.29) is 6.01 Å². The van der Waals surface area contributed by atoms with E-state index >= 15 is 0 Å². The van der Waals surface area contributed by atoms with Gasteiger partial charge in [-0.3, -0.25) is 10.2 Å². The highest BCUT2D eigenvalue weighted by molar-refractivity contribution is 5.91. The highest BCUT2D eigenvalue weighted by atomic mass is 19.1. The summed E-state index contributed by atoms with van der Waals surface area (Å²) in [5, 5.41) is 12.4. The van der Waals surface area contributed by atoms with E-state index in [0.717, 1.165) is 5.69 Å². The molecule has 0 saturated carbocycles. The second-order valence-corrected chi connectivity index (χ2v) is 9.28. The molecule has 13 heteroatoms. The third kappa shape index (κ3) is 6.48. The lowest BCUT2D eigenvalue weighted by Gasteiger charge is -2.19. The van der Waals surface area contributed by atoms with E-state index in [2.05, 4.69) is 25.6 Å². The van der Waals surface area contributed by atoms with Gasteiger partial charge in [0.1, 0.15) is 17.6 Å². The number of carbonyl (C=O) groups is 1. The van der Waals surface area contributed by atoms with Gasteiger partial charge in [0.25, 0.3) is 0 Å². The molecule has 12 nitrogen and oxygen atoms in total. The minimum absolute atomic E-state index is 0.274. The van der Waals surface area contributed by atoms with Gasteiger partial charge in [0.05, 0.1) is 24.9 Å². The molecule has 41 heavy (non-hydrogen) atoms. The van der Waals surface area contributed by atoms with Gasteiger partial charge >= 0.3 is 12.0 Å². The monoisotopic (exact) mass is 562 g/mol. The molecule has 2 N–H and O–H groups in total. The summed E-state index contributed by atoms with van der Waals surface area (Å²) in [6.07, 6.45) is 4.02. The fourth-order valence-electron chi connectivity index (χ4n) is 4.57. The molecule has 0 bridgehead atoms. The number of nitrogens with one attached hydrogen (secondary N) is 2. The molecule has 214 valence electrons. The standard InChI is InChI=1S/C28H31FN8O4/c1-4-40-28-31-15-20(16-32-28)24-18(2)26(37(35-24)21-8-6-5-7-9-21)34-27(38)33-22-17-36(12-13-39-3)41-25(22)19-10-11-30-23(29)14-19/h5-11,14-16,22,25H,4,12-13,17H2,1-3H3,(H2,33,34,38)/t22-,25+/m0/s1. The first-order valence-electron chi connectivity index (χ1n) is 13.2. The van der Waals surface area contributed by atoms with Gasteiger partial charge in [-0.1, -0.05) is 18.2 Å². The molecule has 4 heterocycles. The fourth-order valence-corrected chi connectivity index (χ4v) is 4.57. The summed E-state index contributed by atoms with van der Waals surface area (Å²) in [6, 6.07) is 11.7. The van der Waals surface area contributed by atoms with Gasteiger partial charge in [0.2, 0.25) is 5.95 Å². The van der Waals surface area contributed by atoms with E-state index in [1.165, 1.54) is 12.3 Å². The summed E-state index contributed by atoms with van der Waals surface area (Å²) in [7, 11) is 1.60. The lowest BCUT2D eigenvalue weighted by Crippen LogP contribution is -2.42. The van der Waals surface area contributed by atoms with E-state index in [4.69, 9.17) is 19.4 Å². The molecule has 1 fully saturated rings. The predicted octanol–water partition coefficient (Wildman–Crippen LogP) is 3.70. The average Bonchev–Trinajstić information content (AvgIpc) is 3.53. The van der Waals surface area contributed by atoms with Crippen molar-refractivity contribution < 1.29 is 23.5 Å². The maximum Gasteiger partial charge on any atom is 0.320 e. The van der Waals surface area contributed by atoms with Gasteiger partial charge in [-0.15, -0.1) is 0 Å². The number of hydrogen-bond donors (Lipinski definition) is 2. The Labute approximate surface area is 236 Å². The topological polar surface area (TPSA) is 129 Å². The highest BCUT2D eigenvalue weighted by Gasteiger charge is 2.37. The Morgan fingerprint density at radius 1 is 1.17 bits per heavy atom. The maximum absolute atomic E-state index is 13.9. The number of pyridine rings is 1. The molecule has 0 radical (unpaired) electrons. The number of urea groups is 1. The van der Waals surface area contributed by atoms with Crippen molar-refractivity contribution in [3.63, 3.8) is 0 Å². The van der Waals surface area contributed by atoms with Crippen LogP contribution in [0.4, 0.5) is 15.0 Å². The zero-order valence-corrected chi connectivity index (χ0v) is 23.0. The van der Waals surface area contributed by atoms with Crippen LogP contribution in [0.25, 0.3) is 16.9 Å². The number of halogens is 1. The largest absolute Gasteiger partial charge is 0.464 e. The van der Waals surface area contributed by atoms with E-state index in [9.17, 15) is 9.18 Å². The molecule has 0 aliphatic carbocycles. The predicted molar refractivity (Wildman–Crippen MR) is 148 cm³/mol. The molecule has 1 saturated heterocycles. The SMILES string of the molecule is CCOc1ncc(-c2nn(-c3ccccc3)c(NC(=O)N[C@H]3CN(CCOC)O[C@@H]3c3ccnc(F)c3)c2C)cn1. The summed E-state index contributed by atoms with van der Waals surface area (Å²) >= 11 is 0. The van der Waals surface area contributed by atoms with Crippen LogP contribution in [0, 0.1) is 12.9 Å². The molecule has 1 aromatic carbocycles. The Hall–Kier alpha value is -4.46. The van der Waals surface area contributed by atoms with Crippen molar-refractivity contribution in [3.05, 3.63) is 78.1 Å². The van der Waals surface area contributed by atoms with Crippen LogP contribution in [0.1, 0.15) is 24.2 Å². The first-order valence-corrected chi connectivity index (χ1v) is 13.2. The quantitative estimate of drug-likeness (QED) is 0.278. The van der Waals surface area contributed by atoms with Gasteiger partial charge in [-0.25, -0.2) is 24.4 Å². The van der Waals surface area contributed by atoms with Crippen LogP contribution in [-0.2, 0) is 9.57 Å². The summed E-state index contributed by atoms with van der Waals surface area (Å²) < 4.78 is 26.1. The molecule has 1 aliphatic rings. The van der Waals surface area contributed by atoms with Crippen molar-refractivity contribution in [2.24, 2.45) is 0 Å². The minimum atomic E-state index is -0.627. The second kappa shape index (κ2) is 12.8. The molecule has 0 spiro atoms. The van der Waals surface area contributed by atoms with Gasteiger partial charge < -0.3 is 14.8 Å². The number of nitrogens with zero attached hydrogens (tertiary/aromatic N) is 6. The van der Waals surface area contributed by atoms with E-state index in [1.54, 1.807) is 35.3 Å². The molecule has 0 unspecified atom stereocenters. The number of carbonyl (C=O) groups excluding carboxylic acids is 1. The van der Waals surface area contributed by atoms with Crippen molar-refractivity contribution in [2.45, 2.75) is 26.0 Å². The number of benzene rings is 1. The van der Waals surface area contributed by atoms with Gasteiger partial charge in [-0.05, 0) is 43.7 Å². The average molecular weight is 563 g/mol. The van der Waals surface area contributed by atoms with Crippen LogP contribution >= 0.6 is 0 Å². The summed E-state index contributed by atoms with van der Waals surface area (Å²) in [4.78, 5) is 31.6. The first-order chi connectivity index (χ1) is 20.0. The lowest BCUT2D eigenvalue weighted by molar-refractivity contribution is -0.154. The smallest absolute Gasteiger partial charge is 0.320 e. The molecule has 4 aromatic rings. The number of rotatable bonds is 10. The second-order valence-electron chi connectivity index (χ2n) is 9.28. The minimum Gasteiger partial charge on any atom is -0.464 e. The van der Waals surface area contributed by atoms with Crippen LogP contribution in [0.15, 0.2) is 61.1 Å².